The number of hydrogen-bond donors (Lipinski definition) is 1. The Balaban J connectivity index is 2.17. The zero-order chi connectivity index (χ0) is 11.8. The van der Waals surface area contributed by atoms with Crippen molar-refractivity contribution in [3.05, 3.63) is 24.3 Å². The number of ether oxygens (including phenoxy) is 1. The highest BCUT2D eigenvalue weighted by Gasteiger charge is 2.39. The molecule has 0 bridgehead atoms. The molecule has 16 heavy (non-hydrogen) atoms. The Morgan fingerprint density at radius 2 is 1.81 bits per heavy atom. The third-order valence-electron chi connectivity index (χ3n) is 2.99. The average molecular weight is 242 g/mol. The molecular formula is C11H14O4S. The van der Waals surface area contributed by atoms with Gasteiger partial charge in [0, 0.05) is 7.11 Å². The lowest BCUT2D eigenvalue weighted by Crippen LogP contribution is -2.40. The molecule has 0 spiro atoms. The zero-order valence-electron chi connectivity index (χ0n) is 8.96. The lowest BCUT2D eigenvalue weighted by molar-refractivity contribution is 0.0436. The van der Waals surface area contributed by atoms with Crippen LogP contribution in [-0.2, 0) is 14.6 Å². The van der Waals surface area contributed by atoms with E-state index in [1.165, 1.54) is 24.3 Å². The Bertz CT molecular complexity index is 457. The Hall–Kier alpha value is -1.07. The number of phenolic OH excluding ortho intramolecular Hbond substituents is 1. The Kier molecular flexibility index (Phi) is 2.90. The number of phenols is 1. The molecule has 0 unspecified atom stereocenters. The van der Waals surface area contributed by atoms with Gasteiger partial charge in [0.15, 0.2) is 9.84 Å². The summed E-state index contributed by atoms with van der Waals surface area (Å²) in [6, 6.07) is 5.65. The summed E-state index contributed by atoms with van der Waals surface area (Å²) in [4.78, 5) is 0.268. The molecule has 0 amide bonds. The molecular weight excluding hydrogens is 228 g/mol. The number of aromatic hydroxyl groups is 1. The smallest absolute Gasteiger partial charge is 0.181 e. The van der Waals surface area contributed by atoms with Gasteiger partial charge in [0.05, 0.1) is 16.2 Å². The van der Waals surface area contributed by atoms with E-state index in [9.17, 15) is 8.42 Å². The van der Waals surface area contributed by atoms with Crippen LogP contribution in [0.2, 0.25) is 0 Å². The van der Waals surface area contributed by atoms with E-state index in [1.807, 2.05) is 0 Å². The highest BCUT2D eigenvalue weighted by molar-refractivity contribution is 7.92. The number of rotatable bonds is 3. The second-order valence-electron chi connectivity index (χ2n) is 3.99. The minimum Gasteiger partial charge on any atom is -0.508 e. The summed E-state index contributed by atoms with van der Waals surface area (Å²) in [6.45, 7) is 0. The SMILES string of the molecule is COC1CC(S(=O)(=O)c2ccc(O)cc2)C1. The predicted octanol–water partition coefficient (Wildman–Crippen LogP) is 1.34. The van der Waals surface area contributed by atoms with E-state index >= 15 is 0 Å². The second-order valence-corrected chi connectivity index (χ2v) is 6.22. The van der Waals surface area contributed by atoms with E-state index in [4.69, 9.17) is 9.84 Å². The number of benzene rings is 1. The van der Waals surface area contributed by atoms with Crippen LogP contribution in [0.4, 0.5) is 0 Å². The molecule has 1 aliphatic rings. The summed E-state index contributed by atoms with van der Waals surface area (Å²) in [5.74, 6) is 0.0716. The fourth-order valence-electron chi connectivity index (χ4n) is 1.79. The number of hydrogen-bond acceptors (Lipinski definition) is 4. The number of methoxy groups -OCH3 is 1. The van der Waals surface area contributed by atoms with Gasteiger partial charge in [-0.05, 0) is 37.1 Å². The number of sulfone groups is 1. The average Bonchev–Trinajstić information content (AvgIpc) is 2.16. The van der Waals surface area contributed by atoms with Crippen LogP contribution in [-0.4, -0.2) is 32.0 Å². The molecule has 1 aliphatic carbocycles. The van der Waals surface area contributed by atoms with E-state index in [2.05, 4.69) is 0 Å². The first-order valence-corrected chi connectivity index (χ1v) is 6.64. The molecule has 1 fully saturated rings. The fourth-order valence-corrected chi connectivity index (χ4v) is 3.63. The molecule has 5 heteroatoms. The van der Waals surface area contributed by atoms with Crippen LogP contribution in [0.3, 0.4) is 0 Å². The monoisotopic (exact) mass is 242 g/mol. The predicted molar refractivity (Wildman–Crippen MR) is 59.1 cm³/mol. The van der Waals surface area contributed by atoms with Gasteiger partial charge in [0.25, 0.3) is 0 Å². The molecule has 0 atom stereocenters. The van der Waals surface area contributed by atoms with Crippen LogP contribution >= 0.6 is 0 Å². The molecule has 0 saturated heterocycles. The molecule has 0 radical (unpaired) electrons. The molecule has 1 aromatic carbocycles. The van der Waals surface area contributed by atoms with E-state index < -0.39 is 9.84 Å². The van der Waals surface area contributed by atoms with Crippen molar-refractivity contribution in [2.45, 2.75) is 29.1 Å². The molecule has 0 aliphatic heterocycles. The topological polar surface area (TPSA) is 63.6 Å². The van der Waals surface area contributed by atoms with Crippen LogP contribution in [0, 0.1) is 0 Å². The van der Waals surface area contributed by atoms with Crippen LogP contribution in [0.15, 0.2) is 29.2 Å². The summed E-state index contributed by atoms with van der Waals surface area (Å²) in [7, 11) is -1.66. The minimum absolute atomic E-state index is 0.0666. The van der Waals surface area contributed by atoms with Crippen molar-refractivity contribution in [3.8, 4) is 5.75 Å². The molecule has 2 rings (SSSR count). The van der Waals surface area contributed by atoms with Crippen LogP contribution < -0.4 is 0 Å². The first kappa shape index (κ1) is 11.4. The van der Waals surface area contributed by atoms with E-state index in [1.54, 1.807) is 7.11 Å². The van der Waals surface area contributed by atoms with Gasteiger partial charge in [-0.3, -0.25) is 0 Å². The Morgan fingerprint density at radius 1 is 1.25 bits per heavy atom. The largest absolute Gasteiger partial charge is 0.508 e. The van der Waals surface area contributed by atoms with Crippen molar-refractivity contribution in [1.29, 1.82) is 0 Å². The lowest BCUT2D eigenvalue weighted by atomic mass is 9.95. The fraction of sp³-hybridized carbons (Fsp3) is 0.455. The standard InChI is InChI=1S/C11H14O4S/c1-15-9-6-11(7-9)16(13,14)10-4-2-8(12)3-5-10/h2-5,9,11-12H,6-7H2,1H3. The van der Waals surface area contributed by atoms with Gasteiger partial charge in [-0.1, -0.05) is 0 Å². The molecule has 1 N–H and O–H groups in total. The van der Waals surface area contributed by atoms with Crippen molar-refractivity contribution in [2.24, 2.45) is 0 Å². The van der Waals surface area contributed by atoms with Crippen molar-refractivity contribution in [2.75, 3.05) is 7.11 Å². The van der Waals surface area contributed by atoms with Gasteiger partial charge in [-0.2, -0.15) is 0 Å². The first-order valence-electron chi connectivity index (χ1n) is 5.10. The molecule has 1 saturated carbocycles. The summed E-state index contributed by atoms with van der Waals surface area (Å²) in [6.07, 6.45) is 1.18. The highest BCUT2D eigenvalue weighted by Crippen LogP contribution is 2.33. The van der Waals surface area contributed by atoms with Crippen LogP contribution in [0.25, 0.3) is 0 Å². The quantitative estimate of drug-likeness (QED) is 0.868. The van der Waals surface area contributed by atoms with Gasteiger partial charge in [0.2, 0.25) is 0 Å². The molecule has 88 valence electrons. The van der Waals surface area contributed by atoms with Crippen LogP contribution in [0.1, 0.15) is 12.8 Å². The Morgan fingerprint density at radius 3 is 2.31 bits per heavy atom. The molecule has 0 heterocycles. The van der Waals surface area contributed by atoms with Crippen molar-refractivity contribution in [1.82, 2.24) is 0 Å². The van der Waals surface area contributed by atoms with Crippen molar-refractivity contribution < 1.29 is 18.3 Å². The summed E-state index contributed by atoms with van der Waals surface area (Å²) < 4.78 is 29.2. The van der Waals surface area contributed by atoms with E-state index in [-0.39, 0.29) is 22.0 Å². The van der Waals surface area contributed by atoms with Gasteiger partial charge in [0.1, 0.15) is 5.75 Å². The minimum atomic E-state index is -3.25. The zero-order valence-corrected chi connectivity index (χ0v) is 9.78. The third kappa shape index (κ3) is 1.92. The lowest BCUT2D eigenvalue weighted by Gasteiger charge is -2.33. The maximum absolute atomic E-state index is 12.1. The van der Waals surface area contributed by atoms with Crippen LogP contribution in [0.5, 0.6) is 5.75 Å². The summed E-state index contributed by atoms with van der Waals surface area (Å²) >= 11 is 0. The second kappa shape index (κ2) is 4.07. The van der Waals surface area contributed by atoms with Gasteiger partial charge in [-0.15, -0.1) is 0 Å². The van der Waals surface area contributed by atoms with E-state index in [0.717, 1.165) is 0 Å². The van der Waals surface area contributed by atoms with Crippen molar-refractivity contribution in [3.63, 3.8) is 0 Å². The van der Waals surface area contributed by atoms with Gasteiger partial charge in [-0.25, -0.2) is 8.42 Å². The maximum atomic E-state index is 12.1. The highest BCUT2D eigenvalue weighted by atomic mass is 32.2. The summed E-state index contributed by atoms with van der Waals surface area (Å²) in [5, 5.41) is 8.75. The van der Waals surface area contributed by atoms with Gasteiger partial charge >= 0.3 is 0 Å². The van der Waals surface area contributed by atoms with Gasteiger partial charge < -0.3 is 9.84 Å². The first-order chi connectivity index (χ1) is 7.54. The molecule has 0 aromatic heterocycles. The maximum Gasteiger partial charge on any atom is 0.181 e. The Labute approximate surface area is 94.8 Å². The normalized spacial score (nSPS) is 25.1. The van der Waals surface area contributed by atoms with Crippen molar-refractivity contribution >= 4 is 9.84 Å². The summed E-state index contributed by atoms with van der Waals surface area (Å²) in [5.41, 5.74) is 0. The molecule has 4 nitrogen and oxygen atoms in total. The molecule has 1 aromatic rings. The third-order valence-corrected chi connectivity index (χ3v) is 5.18. The van der Waals surface area contributed by atoms with E-state index in [0.29, 0.717) is 12.8 Å².